The van der Waals surface area contributed by atoms with Gasteiger partial charge in [0.1, 0.15) is 0 Å². The summed E-state index contributed by atoms with van der Waals surface area (Å²) in [4.78, 5) is 0. The lowest BCUT2D eigenvalue weighted by atomic mass is 10.2. The van der Waals surface area contributed by atoms with Crippen LogP contribution in [0.15, 0.2) is 0 Å². The Kier molecular flexibility index (Phi) is 10.3. The van der Waals surface area contributed by atoms with E-state index >= 15 is 0 Å². The van der Waals surface area contributed by atoms with Crippen LogP contribution in [0.4, 0.5) is 0 Å². The van der Waals surface area contributed by atoms with Crippen molar-refractivity contribution in [3.8, 4) is 0 Å². The number of unbranched alkanes of at least 4 members (excludes halogenated alkanes) is 2. The minimum atomic E-state index is -2.39. The first-order valence-electron chi connectivity index (χ1n) is 6.36. The summed E-state index contributed by atoms with van der Waals surface area (Å²) in [5.74, 6) is 0. The first kappa shape index (κ1) is 16.1. The molecular weight excluding hydrogens is 222 g/mol. The molecule has 0 rings (SSSR count). The largest absolute Gasteiger partial charge is 0.500 e. The van der Waals surface area contributed by atoms with E-state index in [4.69, 9.17) is 19.0 Å². The molecule has 0 saturated carbocycles. The molecule has 4 nitrogen and oxygen atoms in total. The Bertz CT molecular complexity index is 141. The minimum Gasteiger partial charge on any atom is -0.374 e. The van der Waals surface area contributed by atoms with Crippen molar-refractivity contribution < 1.29 is 13.3 Å². The van der Waals surface area contributed by atoms with Crippen LogP contribution in [0.5, 0.6) is 0 Å². The van der Waals surface area contributed by atoms with Crippen LogP contribution in [-0.4, -0.2) is 35.2 Å². The van der Waals surface area contributed by atoms with Crippen LogP contribution in [0.25, 0.3) is 0 Å². The molecule has 0 atom stereocenters. The van der Waals surface area contributed by atoms with Crippen LogP contribution < -0.4 is 5.73 Å². The third-order valence-electron chi connectivity index (χ3n) is 2.28. The van der Waals surface area contributed by atoms with Gasteiger partial charge in [0, 0.05) is 25.9 Å². The van der Waals surface area contributed by atoms with Crippen molar-refractivity contribution in [3.05, 3.63) is 0 Å². The van der Waals surface area contributed by atoms with Crippen molar-refractivity contribution >= 4 is 8.80 Å². The van der Waals surface area contributed by atoms with E-state index in [9.17, 15) is 0 Å². The molecule has 0 aromatic heterocycles. The van der Waals surface area contributed by atoms with Crippen molar-refractivity contribution in [1.82, 2.24) is 0 Å². The fraction of sp³-hybridized carbons (Fsp3) is 1.00. The maximum Gasteiger partial charge on any atom is 0.500 e. The van der Waals surface area contributed by atoms with Crippen molar-refractivity contribution in [1.29, 1.82) is 0 Å². The van der Waals surface area contributed by atoms with E-state index in [1.165, 1.54) is 0 Å². The average molecular weight is 249 g/mol. The highest BCUT2D eigenvalue weighted by Crippen LogP contribution is 2.19. The number of nitrogens with two attached hydrogens (primary N) is 1. The second-order valence-electron chi connectivity index (χ2n) is 3.58. The molecule has 0 saturated heterocycles. The average Bonchev–Trinajstić information content (AvgIpc) is 2.26. The Labute approximate surface area is 101 Å². The standard InChI is InChI=1S/C11H27NO3Si/c1-4-13-16(14-5-2,15-6-3)11-9-7-8-10-12/h4-12H2,1-3H3. The predicted octanol–water partition coefficient (Wildman–Crippen LogP) is 2.16. The van der Waals surface area contributed by atoms with Gasteiger partial charge in [-0.15, -0.1) is 0 Å². The smallest absolute Gasteiger partial charge is 0.374 e. The topological polar surface area (TPSA) is 53.7 Å². The molecule has 0 radical (unpaired) electrons. The van der Waals surface area contributed by atoms with Gasteiger partial charge in [-0.3, -0.25) is 0 Å². The van der Waals surface area contributed by atoms with E-state index in [-0.39, 0.29) is 0 Å². The van der Waals surface area contributed by atoms with Gasteiger partial charge in [-0.2, -0.15) is 0 Å². The van der Waals surface area contributed by atoms with Gasteiger partial charge in [0.2, 0.25) is 0 Å². The van der Waals surface area contributed by atoms with Crippen molar-refractivity contribution in [2.24, 2.45) is 5.73 Å². The molecule has 0 aliphatic heterocycles. The highest BCUT2D eigenvalue weighted by Gasteiger charge is 2.39. The van der Waals surface area contributed by atoms with Crippen molar-refractivity contribution in [3.63, 3.8) is 0 Å². The molecule has 0 amide bonds. The molecule has 0 aromatic carbocycles. The van der Waals surface area contributed by atoms with Crippen molar-refractivity contribution in [2.45, 2.75) is 46.1 Å². The highest BCUT2D eigenvalue weighted by atomic mass is 28.4. The summed E-state index contributed by atoms with van der Waals surface area (Å²) in [7, 11) is -2.39. The Hall–Kier alpha value is 0.0569. The molecule has 0 aliphatic carbocycles. The predicted molar refractivity (Wildman–Crippen MR) is 68.3 cm³/mol. The number of hydrogen-bond acceptors (Lipinski definition) is 4. The Morgan fingerprint density at radius 1 is 0.812 bits per heavy atom. The molecule has 0 spiro atoms. The quantitative estimate of drug-likeness (QED) is 0.450. The van der Waals surface area contributed by atoms with Gasteiger partial charge in [0.25, 0.3) is 0 Å². The molecule has 0 aliphatic rings. The van der Waals surface area contributed by atoms with Crippen LogP contribution in [-0.2, 0) is 13.3 Å². The summed E-state index contributed by atoms with van der Waals surface area (Å²) in [6, 6.07) is 0.905. The van der Waals surface area contributed by atoms with E-state index in [1.807, 2.05) is 20.8 Å². The van der Waals surface area contributed by atoms with Gasteiger partial charge < -0.3 is 19.0 Å². The number of hydrogen-bond donors (Lipinski definition) is 1. The molecule has 0 aromatic rings. The van der Waals surface area contributed by atoms with E-state index in [0.29, 0.717) is 19.8 Å². The molecule has 0 heterocycles. The van der Waals surface area contributed by atoms with E-state index in [1.54, 1.807) is 0 Å². The molecule has 0 unspecified atom stereocenters. The fourth-order valence-electron chi connectivity index (χ4n) is 1.66. The van der Waals surface area contributed by atoms with Crippen LogP contribution in [0, 0.1) is 0 Å². The van der Waals surface area contributed by atoms with Crippen LogP contribution in [0.3, 0.4) is 0 Å². The SMILES string of the molecule is CCO[Si](CCCCCN)(OCC)OCC. The monoisotopic (exact) mass is 249 g/mol. The molecular formula is C11H27NO3Si. The summed E-state index contributed by atoms with van der Waals surface area (Å²) < 4.78 is 17.3. The third kappa shape index (κ3) is 6.60. The molecule has 0 fully saturated rings. The van der Waals surface area contributed by atoms with Crippen LogP contribution in [0.2, 0.25) is 6.04 Å². The minimum absolute atomic E-state index is 0.656. The normalized spacial score (nSPS) is 12.0. The first-order valence-corrected chi connectivity index (χ1v) is 8.29. The zero-order valence-corrected chi connectivity index (χ0v) is 12.0. The van der Waals surface area contributed by atoms with Gasteiger partial charge >= 0.3 is 8.80 Å². The molecule has 16 heavy (non-hydrogen) atoms. The van der Waals surface area contributed by atoms with Gasteiger partial charge in [0.05, 0.1) is 0 Å². The Balaban J connectivity index is 4.12. The van der Waals surface area contributed by atoms with E-state index < -0.39 is 8.80 Å². The molecule has 2 N–H and O–H groups in total. The lowest BCUT2D eigenvalue weighted by molar-refractivity contribution is 0.0706. The van der Waals surface area contributed by atoms with Gasteiger partial charge in [-0.1, -0.05) is 6.42 Å². The van der Waals surface area contributed by atoms with Gasteiger partial charge in [0.15, 0.2) is 0 Å². The second-order valence-corrected chi connectivity index (χ2v) is 6.31. The lowest BCUT2D eigenvalue weighted by Gasteiger charge is -2.28. The fourth-order valence-corrected chi connectivity index (χ4v) is 4.35. The summed E-state index contributed by atoms with van der Waals surface area (Å²) >= 11 is 0. The summed E-state index contributed by atoms with van der Waals surface area (Å²) in [6.07, 6.45) is 3.26. The van der Waals surface area contributed by atoms with Crippen LogP contribution >= 0.6 is 0 Å². The molecule has 5 heteroatoms. The number of rotatable bonds is 11. The van der Waals surface area contributed by atoms with Gasteiger partial charge in [-0.25, -0.2) is 0 Å². The first-order chi connectivity index (χ1) is 7.74. The van der Waals surface area contributed by atoms with E-state index in [0.717, 1.165) is 31.9 Å². The van der Waals surface area contributed by atoms with E-state index in [2.05, 4.69) is 0 Å². The summed E-state index contributed by atoms with van der Waals surface area (Å²) in [6.45, 7) is 8.68. The molecule has 0 bridgehead atoms. The lowest BCUT2D eigenvalue weighted by Crippen LogP contribution is -2.45. The summed E-state index contributed by atoms with van der Waals surface area (Å²) in [5.41, 5.74) is 5.47. The van der Waals surface area contributed by atoms with Crippen LogP contribution in [0.1, 0.15) is 40.0 Å². The second kappa shape index (κ2) is 10.2. The molecule has 98 valence electrons. The zero-order valence-electron chi connectivity index (χ0n) is 11.0. The maximum absolute atomic E-state index is 5.75. The zero-order chi connectivity index (χ0) is 12.3. The van der Waals surface area contributed by atoms with Gasteiger partial charge in [-0.05, 0) is 40.2 Å². The third-order valence-corrected chi connectivity index (χ3v) is 5.43. The maximum atomic E-state index is 5.75. The summed E-state index contributed by atoms with van der Waals surface area (Å²) in [5, 5.41) is 0. The highest BCUT2D eigenvalue weighted by molar-refractivity contribution is 6.60. The Morgan fingerprint density at radius 2 is 1.31 bits per heavy atom. The van der Waals surface area contributed by atoms with Crippen molar-refractivity contribution in [2.75, 3.05) is 26.4 Å². The Morgan fingerprint density at radius 3 is 1.69 bits per heavy atom.